The van der Waals surface area contributed by atoms with Gasteiger partial charge in [0.25, 0.3) is 5.91 Å². The quantitative estimate of drug-likeness (QED) is 0.252. The second-order valence-corrected chi connectivity index (χ2v) is 10.3. The van der Waals surface area contributed by atoms with E-state index in [9.17, 15) is 9.59 Å². The van der Waals surface area contributed by atoms with Gasteiger partial charge in [-0.3, -0.25) is 14.5 Å². The highest BCUT2D eigenvalue weighted by Crippen LogP contribution is 2.31. The van der Waals surface area contributed by atoms with Crippen LogP contribution in [0.25, 0.3) is 17.0 Å². The van der Waals surface area contributed by atoms with Crippen LogP contribution in [0.3, 0.4) is 0 Å². The molecule has 0 radical (unpaired) electrons. The SMILES string of the molecule is CCNN(C=O)c1ncc(/C=C2\SC(=Nc3ccc4c(ccn4CCN4CCOCC4)c3)NC2=O)s1. The number of carbonyl (C=O) groups excluding carboxylic acids is 2. The summed E-state index contributed by atoms with van der Waals surface area (Å²) in [6.07, 6.45) is 6.19. The summed E-state index contributed by atoms with van der Waals surface area (Å²) in [6, 6.07) is 8.18. The van der Waals surface area contributed by atoms with Gasteiger partial charge >= 0.3 is 0 Å². The Labute approximate surface area is 217 Å². The third kappa shape index (κ3) is 5.68. The summed E-state index contributed by atoms with van der Waals surface area (Å²) in [5, 5.41) is 6.32. The van der Waals surface area contributed by atoms with Crippen LogP contribution in [-0.2, 0) is 20.9 Å². The molecular formula is C24H27N7O3S2. The van der Waals surface area contributed by atoms with E-state index in [4.69, 9.17) is 4.74 Å². The van der Waals surface area contributed by atoms with Gasteiger partial charge in [0.2, 0.25) is 11.5 Å². The monoisotopic (exact) mass is 525 g/mol. The average Bonchev–Trinajstić information content (AvgIpc) is 3.61. The van der Waals surface area contributed by atoms with Gasteiger partial charge < -0.3 is 14.6 Å². The molecule has 12 heteroatoms. The number of hydrogen-bond donors (Lipinski definition) is 2. The molecule has 36 heavy (non-hydrogen) atoms. The first kappa shape index (κ1) is 24.7. The molecule has 0 unspecified atom stereocenters. The van der Waals surface area contributed by atoms with Gasteiger partial charge in [-0.1, -0.05) is 18.3 Å². The van der Waals surface area contributed by atoms with Gasteiger partial charge in [0, 0.05) is 56.0 Å². The van der Waals surface area contributed by atoms with Gasteiger partial charge in [-0.15, -0.1) is 0 Å². The Morgan fingerprint density at radius 1 is 1.28 bits per heavy atom. The van der Waals surface area contributed by atoms with Crippen LogP contribution in [0.5, 0.6) is 0 Å². The van der Waals surface area contributed by atoms with Crippen LogP contribution in [-0.4, -0.2) is 71.3 Å². The molecule has 4 heterocycles. The maximum Gasteiger partial charge on any atom is 0.264 e. The Morgan fingerprint density at radius 3 is 2.94 bits per heavy atom. The molecule has 0 atom stereocenters. The number of hydrogen-bond acceptors (Lipinski definition) is 9. The fourth-order valence-electron chi connectivity index (χ4n) is 4.03. The molecule has 0 bridgehead atoms. The molecule has 2 aliphatic rings. The minimum absolute atomic E-state index is 0.206. The topological polar surface area (TPSA) is 104 Å². The van der Waals surface area contributed by atoms with Crippen molar-refractivity contribution in [1.82, 2.24) is 25.2 Å². The Morgan fingerprint density at radius 2 is 2.14 bits per heavy atom. The number of aromatic nitrogens is 2. The smallest absolute Gasteiger partial charge is 0.264 e. The van der Waals surface area contributed by atoms with E-state index in [1.807, 2.05) is 19.1 Å². The van der Waals surface area contributed by atoms with E-state index in [0.717, 1.165) is 55.3 Å². The van der Waals surface area contributed by atoms with Crippen molar-refractivity contribution in [3.8, 4) is 0 Å². The standard InChI is InChI=1S/C24H27N7O3S2/c1-2-26-31(16-32)24-25-15-19(35-24)14-21-22(33)28-23(36-21)27-18-3-4-20-17(13-18)5-6-30(20)8-7-29-9-11-34-12-10-29/h3-6,13-16,26H,2,7-12H2,1H3,(H,27,28,33)/b21-14-. The molecule has 2 aliphatic heterocycles. The van der Waals surface area contributed by atoms with E-state index in [1.54, 1.807) is 12.3 Å². The van der Waals surface area contributed by atoms with E-state index >= 15 is 0 Å². The molecule has 0 saturated carbocycles. The summed E-state index contributed by atoms with van der Waals surface area (Å²) >= 11 is 2.60. The maximum absolute atomic E-state index is 12.5. The molecule has 2 amide bonds. The molecule has 1 aromatic carbocycles. The second-order valence-electron chi connectivity index (χ2n) is 8.22. The Hall–Kier alpha value is -3.03. The number of thioether (sulfide) groups is 1. The molecule has 3 aromatic rings. The van der Waals surface area contributed by atoms with E-state index < -0.39 is 0 Å². The van der Waals surface area contributed by atoms with Crippen molar-refractivity contribution < 1.29 is 14.3 Å². The highest BCUT2D eigenvalue weighted by Gasteiger charge is 2.24. The number of rotatable bonds is 9. The molecule has 2 fully saturated rings. The summed E-state index contributed by atoms with van der Waals surface area (Å²) in [6.45, 7) is 8.00. The van der Waals surface area contributed by atoms with Crippen LogP contribution < -0.4 is 15.8 Å². The Bertz CT molecular complexity index is 1310. The van der Waals surface area contributed by atoms with Crippen LogP contribution in [0.4, 0.5) is 10.8 Å². The fourth-order valence-corrected chi connectivity index (χ4v) is 5.74. The number of amidine groups is 1. The molecular weight excluding hydrogens is 498 g/mol. The maximum atomic E-state index is 12.5. The van der Waals surface area contributed by atoms with Crippen LogP contribution in [0.15, 0.2) is 46.6 Å². The summed E-state index contributed by atoms with van der Waals surface area (Å²) in [5.74, 6) is -0.206. The van der Waals surface area contributed by atoms with Gasteiger partial charge in [0.15, 0.2) is 5.17 Å². The van der Waals surface area contributed by atoms with E-state index in [1.165, 1.54) is 33.6 Å². The predicted molar refractivity (Wildman–Crippen MR) is 144 cm³/mol. The zero-order valence-corrected chi connectivity index (χ0v) is 21.5. The molecule has 10 nitrogen and oxygen atoms in total. The van der Waals surface area contributed by atoms with Crippen molar-refractivity contribution >= 4 is 68.4 Å². The normalized spacial score (nSPS) is 18.9. The van der Waals surface area contributed by atoms with E-state index in [0.29, 0.717) is 28.2 Å². The number of nitrogens with one attached hydrogen (secondary N) is 2. The summed E-state index contributed by atoms with van der Waals surface area (Å²) in [4.78, 5) is 36.4. The summed E-state index contributed by atoms with van der Waals surface area (Å²) in [5.41, 5.74) is 4.86. The van der Waals surface area contributed by atoms with Crippen molar-refractivity contribution in [2.45, 2.75) is 13.5 Å². The number of amides is 2. The lowest BCUT2D eigenvalue weighted by molar-refractivity contribution is -0.115. The number of thiazole rings is 1. The van der Waals surface area contributed by atoms with Crippen LogP contribution in [0.1, 0.15) is 11.8 Å². The minimum atomic E-state index is -0.206. The number of aliphatic imine (C=N–C) groups is 1. The van der Waals surface area contributed by atoms with Crippen molar-refractivity contribution in [3.63, 3.8) is 0 Å². The number of benzene rings is 1. The van der Waals surface area contributed by atoms with Gasteiger partial charge in [-0.25, -0.2) is 20.4 Å². The highest BCUT2D eigenvalue weighted by molar-refractivity contribution is 8.18. The summed E-state index contributed by atoms with van der Waals surface area (Å²) in [7, 11) is 0. The van der Waals surface area contributed by atoms with Crippen molar-refractivity contribution in [1.29, 1.82) is 0 Å². The number of nitrogens with zero attached hydrogens (tertiary/aromatic N) is 5. The van der Waals surface area contributed by atoms with Gasteiger partial charge in [-0.05, 0) is 42.1 Å². The third-order valence-corrected chi connectivity index (χ3v) is 7.68. The number of carbonyl (C=O) groups is 2. The molecule has 2 N–H and O–H groups in total. The predicted octanol–water partition coefficient (Wildman–Crippen LogP) is 2.81. The lowest BCUT2D eigenvalue weighted by Gasteiger charge is -2.26. The highest BCUT2D eigenvalue weighted by atomic mass is 32.2. The van der Waals surface area contributed by atoms with E-state index in [-0.39, 0.29) is 5.91 Å². The molecule has 188 valence electrons. The number of fused-ring (bicyclic) bond motifs is 1. The number of hydrazine groups is 1. The molecule has 2 saturated heterocycles. The van der Waals surface area contributed by atoms with Crippen LogP contribution in [0, 0.1) is 0 Å². The summed E-state index contributed by atoms with van der Waals surface area (Å²) < 4.78 is 7.69. The Kier molecular flexibility index (Phi) is 7.78. The molecule has 0 spiro atoms. The number of ether oxygens (including phenoxy) is 1. The first-order valence-electron chi connectivity index (χ1n) is 11.8. The average molecular weight is 526 g/mol. The lowest BCUT2D eigenvalue weighted by atomic mass is 10.2. The van der Waals surface area contributed by atoms with Gasteiger partial charge in [0.1, 0.15) is 0 Å². The molecule has 0 aliphatic carbocycles. The fraction of sp³-hybridized carbons (Fsp3) is 0.333. The van der Waals surface area contributed by atoms with Gasteiger partial charge in [0.05, 0.1) is 28.7 Å². The molecule has 5 rings (SSSR count). The van der Waals surface area contributed by atoms with Crippen LogP contribution >= 0.6 is 23.1 Å². The third-order valence-electron chi connectivity index (χ3n) is 5.82. The second kappa shape index (κ2) is 11.4. The first-order chi connectivity index (χ1) is 17.6. The minimum Gasteiger partial charge on any atom is -0.379 e. The lowest BCUT2D eigenvalue weighted by Crippen LogP contribution is -2.38. The number of morpholine rings is 1. The van der Waals surface area contributed by atoms with Crippen molar-refractivity contribution in [2.75, 3.05) is 44.4 Å². The Balaban J connectivity index is 1.26. The first-order valence-corrected chi connectivity index (χ1v) is 13.4. The van der Waals surface area contributed by atoms with Gasteiger partial charge in [-0.2, -0.15) is 0 Å². The largest absolute Gasteiger partial charge is 0.379 e. The molecule has 2 aromatic heterocycles. The van der Waals surface area contributed by atoms with Crippen molar-refractivity contribution in [3.05, 3.63) is 46.4 Å². The number of anilines is 1. The zero-order chi connectivity index (χ0) is 24.9. The zero-order valence-electron chi connectivity index (χ0n) is 19.8. The van der Waals surface area contributed by atoms with Crippen LogP contribution in [0.2, 0.25) is 0 Å². The van der Waals surface area contributed by atoms with E-state index in [2.05, 4.69) is 48.5 Å². The van der Waals surface area contributed by atoms with Crippen molar-refractivity contribution in [2.24, 2.45) is 4.99 Å².